The predicted molar refractivity (Wildman–Crippen MR) is 128 cm³/mol. The number of hydrazine groups is 1. The van der Waals surface area contributed by atoms with Crippen molar-refractivity contribution in [3.63, 3.8) is 0 Å². The van der Waals surface area contributed by atoms with Crippen molar-refractivity contribution in [1.29, 1.82) is 0 Å². The van der Waals surface area contributed by atoms with E-state index in [2.05, 4.69) is 21.5 Å². The Balaban J connectivity index is 1.47. The molecule has 2 aliphatic heterocycles. The van der Waals surface area contributed by atoms with Crippen LogP contribution in [0.3, 0.4) is 0 Å². The third kappa shape index (κ3) is 4.21. The van der Waals surface area contributed by atoms with Gasteiger partial charge in [0, 0.05) is 44.7 Å². The van der Waals surface area contributed by atoms with Crippen LogP contribution in [0, 0.1) is 6.92 Å². The number of amides is 2. The number of carbonyl (C=O) groups is 2. The van der Waals surface area contributed by atoms with E-state index in [-0.39, 0.29) is 23.6 Å². The highest BCUT2D eigenvalue weighted by molar-refractivity contribution is 6.02. The van der Waals surface area contributed by atoms with Crippen molar-refractivity contribution in [2.45, 2.75) is 51.6 Å². The molecule has 0 bridgehead atoms. The van der Waals surface area contributed by atoms with Gasteiger partial charge in [0.25, 0.3) is 5.88 Å². The standard InChI is InChI=1S/C25H31N5O4/c1-15-9-23(24(33-4)26-11-15)34-25(32)28-13-16(2)30(17(3)31)21-8-5-18(10-22(21)28)19-12-27-29(14-19)20-6-7-20/h5,8-11,16,19-20,27H,6-7,12-14H2,1-4H3/t16-,19?/m0/s1. The number of rotatable bonds is 4. The lowest BCUT2D eigenvalue weighted by molar-refractivity contribution is -0.117. The number of anilines is 2. The van der Waals surface area contributed by atoms with E-state index >= 15 is 0 Å². The summed E-state index contributed by atoms with van der Waals surface area (Å²) in [4.78, 5) is 33.5. The van der Waals surface area contributed by atoms with Crippen LogP contribution in [-0.2, 0) is 4.79 Å². The first-order valence-electron chi connectivity index (χ1n) is 11.8. The highest BCUT2D eigenvalue weighted by atomic mass is 16.6. The average Bonchev–Trinajstić information content (AvgIpc) is 3.54. The Morgan fingerprint density at radius 1 is 1.15 bits per heavy atom. The zero-order valence-corrected chi connectivity index (χ0v) is 20.1. The van der Waals surface area contributed by atoms with E-state index in [0.29, 0.717) is 29.9 Å². The average molecular weight is 466 g/mol. The Morgan fingerprint density at radius 3 is 2.65 bits per heavy atom. The second-order valence-corrected chi connectivity index (χ2v) is 9.43. The maximum Gasteiger partial charge on any atom is 0.420 e. The molecule has 1 unspecified atom stereocenters. The third-order valence-corrected chi connectivity index (χ3v) is 6.76. The fourth-order valence-corrected chi connectivity index (χ4v) is 4.94. The van der Waals surface area contributed by atoms with Crippen LogP contribution in [0.1, 0.15) is 43.7 Å². The second-order valence-electron chi connectivity index (χ2n) is 9.43. The Bertz CT molecular complexity index is 1120. The number of pyridine rings is 1. The molecular formula is C25H31N5O4. The summed E-state index contributed by atoms with van der Waals surface area (Å²) >= 11 is 0. The van der Waals surface area contributed by atoms with Crippen LogP contribution in [0.4, 0.5) is 16.2 Å². The zero-order valence-electron chi connectivity index (χ0n) is 20.1. The Morgan fingerprint density at radius 2 is 1.94 bits per heavy atom. The van der Waals surface area contributed by atoms with Gasteiger partial charge in [-0.05, 0) is 56.0 Å². The molecule has 1 aromatic heterocycles. The van der Waals surface area contributed by atoms with Crippen LogP contribution in [-0.4, -0.2) is 60.8 Å². The first-order chi connectivity index (χ1) is 16.4. The van der Waals surface area contributed by atoms with Crippen LogP contribution in [0.2, 0.25) is 0 Å². The van der Waals surface area contributed by atoms with E-state index in [0.717, 1.165) is 24.2 Å². The molecule has 0 radical (unpaired) electrons. The van der Waals surface area contributed by atoms with Crippen molar-refractivity contribution >= 4 is 23.4 Å². The van der Waals surface area contributed by atoms with E-state index in [4.69, 9.17) is 9.47 Å². The number of aromatic nitrogens is 1. The quantitative estimate of drug-likeness (QED) is 0.742. The molecule has 3 aliphatic rings. The SMILES string of the molecule is COc1ncc(C)cc1OC(=O)N1C[C@H](C)N(C(C)=O)c2ccc(C3CNN(C4CC4)C3)cc21. The minimum Gasteiger partial charge on any atom is -0.478 e. The minimum atomic E-state index is -0.525. The monoisotopic (exact) mass is 465 g/mol. The van der Waals surface area contributed by atoms with Gasteiger partial charge in [-0.2, -0.15) is 0 Å². The van der Waals surface area contributed by atoms with Gasteiger partial charge in [0.1, 0.15) is 0 Å². The molecule has 9 heteroatoms. The third-order valence-electron chi connectivity index (χ3n) is 6.76. The molecule has 180 valence electrons. The first kappa shape index (κ1) is 22.6. The van der Waals surface area contributed by atoms with Gasteiger partial charge >= 0.3 is 6.09 Å². The lowest BCUT2D eigenvalue weighted by Crippen LogP contribution is -2.52. The summed E-state index contributed by atoms with van der Waals surface area (Å²) in [5, 5.41) is 2.33. The van der Waals surface area contributed by atoms with Crippen LogP contribution in [0.15, 0.2) is 30.5 Å². The van der Waals surface area contributed by atoms with Crippen LogP contribution in [0.5, 0.6) is 11.6 Å². The summed E-state index contributed by atoms with van der Waals surface area (Å²) in [5.41, 5.74) is 6.90. The number of nitrogens with one attached hydrogen (secondary N) is 1. The molecular weight excluding hydrogens is 434 g/mol. The molecule has 1 saturated carbocycles. The lowest BCUT2D eigenvalue weighted by Gasteiger charge is -2.40. The molecule has 1 N–H and O–H groups in total. The van der Waals surface area contributed by atoms with E-state index < -0.39 is 6.09 Å². The molecule has 3 heterocycles. The van der Waals surface area contributed by atoms with Crippen LogP contribution in [0.25, 0.3) is 0 Å². The molecule has 2 amide bonds. The number of methoxy groups -OCH3 is 1. The fourth-order valence-electron chi connectivity index (χ4n) is 4.94. The van der Waals surface area contributed by atoms with E-state index in [1.807, 2.05) is 26.0 Å². The summed E-state index contributed by atoms with van der Waals surface area (Å²) < 4.78 is 11.0. The van der Waals surface area contributed by atoms with Gasteiger partial charge in [-0.1, -0.05) is 6.07 Å². The summed E-state index contributed by atoms with van der Waals surface area (Å²) in [6, 6.07) is 8.24. The molecule has 2 fully saturated rings. The van der Waals surface area contributed by atoms with Crippen LogP contribution >= 0.6 is 0 Å². The van der Waals surface area contributed by atoms with Gasteiger partial charge in [0.15, 0.2) is 5.75 Å². The van der Waals surface area contributed by atoms with Crippen molar-refractivity contribution < 1.29 is 19.1 Å². The lowest BCUT2D eigenvalue weighted by atomic mass is 9.97. The molecule has 2 aromatic rings. The fraction of sp³-hybridized carbons (Fsp3) is 0.480. The number of aryl methyl sites for hydroxylation is 1. The van der Waals surface area contributed by atoms with Crippen LogP contribution < -0.4 is 24.7 Å². The normalized spacial score (nSPS) is 22.5. The number of nitrogens with zero attached hydrogens (tertiary/aromatic N) is 4. The topological polar surface area (TPSA) is 87.2 Å². The molecule has 5 rings (SSSR count). The van der Waals surface area contributed by atoms with Crippen molar-refractivity contribution in [1.82, 2.24) is 15.4 Å². The maximum atomic E-state index is 13.4. The summed E-state index contributed by atoms with van der Waals surface area (Å²) in [7, 11) is 1.49. The highest BCUT2D eigenvalue weighted by Gasteiger charge is 2.38. The van der Waals surface area contributed by atoms with Gasteiger partial charge in [-0.15, -0.1) is 0 Å². The van der Waals surface area contributed by atoms with Gasteiger partial charge in [-0.3, -0.25) is 15.1 Å². The summed E-state index contributed by atoms with van der Waals surface area (Å²) in [6.45, 7) is 7.49. The Kier molecular flexibility index (Phi) is 5.91. The predicted octanol–water partition coefficient (Wildman–Crippen LogP) is 3.23. The van der Waals surface area contributed by atoms with Gasteiger partial charge < -0.3 is 14.4 Å². The molecule has 1 saturated heterocycles. The molecule has 9 nitrogen and oxygen atoms in total. The number of hydrogen-bond acceptors (Lipinski definition) is 7. The maximum absolute atomic E-state index is 13.4. The van der Waals surface area contributed by atoms with E-state index in [1.54, 1.807) is 29.0 Å². The zero-order chi connectivity index (χ0) is 24.0. The molecule has 1 aliphatic carbocycles. The number of ether oxygens (including phenoxy) is 2. The van der Waals surface area contributed by atoms with E-state index in [1.165, 1.54) is 20.0 Å². The van der Waals surface area contributed by atoms with Gasteiger partial charge in [0.05, 0.1) is 24.5 Å². The van der Waals surface area contributed by atoms with Crippen molar-refractivity contribution in [3.05, 3.63) is 41.6 Å². The number of hydrogen-bond donors (Lipinski definition) is 1. The summed E-state index contributed by atoms with van der Waals surface area (Å²) in [6.07, 6.45) is 3.62. The number of carbonyl (C=O) groups excluding carboxylic acids is 2. The van der Waals surface area contributed by atoms with Crippen molar-refractivity contribution in [2.75, 3.05) is 36.5 Å². The highest BCUT2D eigenvalue weighted by Crippen LogP contribution is 2.40. The van der Waals surface area contributed by atoms with Crippen molar-refractivity contribution in [2.24, 2.45) is 0 Å². The molecule has 34 heavy (non-hydrogen) atoms. The minimum absolute atomic E-state index is 0.0542. The Labute approximate surface area is 199 Å². The largest absolute Gasteiger partial charge is 0.478 e. The van der Waals surface area contributed by atoms with Crippen molar-refractivity contribution in [3.8, 4) is 11.6 Å². The Hall–Kier alpha value is -3.17. The number of fused-ring (bicyclic) bond motifs is 1. The van der Waals surface area contributed by atoms with E-state index in [9.17, 15) is 9.59 Å². The van der Waals surface area contributed by atoms with Gasteiger partial charge in [-0.25, -0.2) is 14.8 Å². The molecule has 2 atom stereocenters. The first-order valence-corrected chi connectivity index (χ1v) is 11.8. The van der Waals surface area contributed by atoms with Gasteiger partial charge in [0.2, 0.25) is 5.91 Å². The smallest absolute Gasteiger partial charge is 0.420 e. The summed E-state index contributed by atoms with van der Waals surface area (Å²) in [5.74, 6) is 0.781. The second kappa shape index (κ2) is 8.88. The molecule has 1 aromatic carbocycles. The molecule has 0 spiro atoms. The number of benzene rings is 1.